The number of rotatable bonds is 10. The van der Waals surface area contributed by atoms with Crippen molar-refractivity contribution in [1.82, 2.24) is 5.32 Å². The molecule has 3 aromatic carbocycles. The molecule has 0 aromatic heterocycles. The highest BCUT2D eigenvalue weighted by molar-refractivity contribution is 5.77. The van der Waals surface area contributed by atoms with Gasteiger partial charge < -0.3 is 29.0 Å². The van der Waals surface area contributed by atoms with Gasteiger partial charge in [0.1, 0.15) is 17.2 Å². The second kappa shape index (κ2) is 10.9. The van der Waals surface area contributed by atoms with Crippen LogP contribution in [-0.2, 0) is 11.3 Å². The summed E-state index contributed by atoms with van der Waals surface area (Å²) in [5.41, 5.74) is 1.98. The minimum atomic E-state index is -0.251. The monoisotopic (exact) mass is 437 g/mol. The molecule has 32 heavy (non-hydrogen) atoms. The third-order valence-electron chi connectivity index (χ3n) is 4.66. The lowest BCUT2D eigenvalue weighted by atomic mass is 10.1. The molecule has 3 rings (SSSR count). The molecule has 0 bridgehead atoms. The fraction of sp³-hybridized carbons (Fsp3) is 0.240. The van der Waals surface area contributed by atoms with Crippen LogP contribution in [0.1, 0.15) is 11.1 Å². The van der Waals surface area contributed by atoms with Gasteiger partial charge in [-0.15, -0.1) is 0 Å². The van der Waals surface area contributed by atoms with Crippen molar-refractivity contribution >= 4 is 5.91 Å². The highest BCUT2D eigenvalue weighted by Crippen LogP contribution is 2.38. The Bertz CT molecular complexity index is 1010. The molecule has 0 atom stereocenters. The predicted molar refractivity (Wildman–Crippen MR) is 121 cm³/mol. The zero-order valence-electron chi connectivity index (χ0n) is 18.6. The van der Waals surface area contributed by atoms with Crippen LogP contribution in [0.4, 0.5) is 0 Å². The lowest BCUT2D eigenvalue weighted by Crippen LogP contribution is -2.28. The summed E-state index contributed by atoms with van der Waals surface area (Å²) < 4.78 is 27.3. The first-order valence-electron chi connectivity index (χ1n) is 10.1. The molecule has 168 valence electrons. The molecule has 0 fully saturated rings. The Morgan fingerprint density at radius 2 is 1.31 bits per heavy atom. The maximum atomic E-state index is 12.2. The molecule has 0 aliphatic heterocycles. The Morgan fingerprint density at radius 3 is 1.84 bits per heavy atom. The highest BCUT2D eigenvalue weighted by atomic mass is 16.5. The fourth-order valence-corrected chi connectivity index (χ4v) is 2.98. The van der Waals surface area contributed by atoms with Crippen LogP contribution in [0.15, 0.2) is 60.7 Å². The van der Waals surface area contributed by atoms with Crippen molar-refractivity contribution in [3.63, 3.8) is 0 Å². The van der Waals surface area contributed by atoms with Gasteiger partial charge in [-0.25, -0.2) is 0 Å². The molecular weight excluding hydrogens is 410 g/mol. The third kappa shape index (κ3) is 6.07. The minimum Gasteiger partial charge on any atom is -0.493 e. The van der Waals surface area contributed by atoms with Crippen LogP contribution in [-0.4, -0.2) is 33.8 Å². The second-order valence-electron chi connectivity index (χ2n) is 6.99. The molecule has 3 aromatic rings. The number of amides is 1. The van der Waals surface area contributed by atoms with E-state index >= 15 is 0 Å². The first kappa shape index (κ1) is 22.8. The Balaban J connectivity index is 1.50. The predicted octanol–water partition coefficient (Wildman–Crippen LogP) is 4.51. The van der Waals surface area contributed by atoms with Gasteiger partial charge in [-0.1, -0.05) is 17.7 Å². The summed E-state index contributed by atoms with van der Waals surface area (Å²) in [6.45, 7) is 2.21. The standard InChI is InChI=1S/C25H27NO6/c1-17-5-7-20(8-6-17)32-21-11-9-19(10-12-21)31-16-24(27)26-15-18-13-22(28-2)25(30-4)23(14-18)29-3/h5-14H,15-16H2,1-4H3,(H,26,27). The van der Waals surface area contributed by atoms with Gasteiger partial charge in [0.25, 0.3) is 5.91 Å². The Hall–Kier alpha value is -3.87. The number of methoxy groups -OCH3 is 3. The van der Waals surface area contributed by atoms with E-state index in [2.05, 4.69) is 5.32 Å². The maximum Gasteiger partial charge on any atom is 0.258 e. The van der Waals surface area contributed by atoms with Gasteiger partial charge in [0.15, 0.2) is 18.1 Å². The Morgan fingerprint density at radius 1 is 0.781 bits per heavy atom. The summed E-state index contributed by atoms with van der Waals surface area (Å²) in [5, 5.41) is 2.82. The molecule has 0 unspecified atom stereocenters. The zero-order chi connectivity index (χ0) is 22.9. The zero-order valence-corrected chi connectivity index (χ0v) is 18.6. The SMILES string of the molecule is COc1cc(CNC(=O)COc2ccc(Oc3ccc(C)cc3)cc2)cc(OC)c1OC. The number of hydrogen-bond acceptors (Lipinski definition) is 6. The normalized spacial score (nSPS) is 10.2. The van der Waals surface area contributed by atoms with E-state index in [4.69, 9.17) is 23.7 Å². The molecule has 0 aliphatic carbocycles. The average Bonchev–Trinajstić information content (AvgIpc) is 2.82. The van der Waals surface area contributed by atoms with E-state index in [-0.39, 0.29) is 12.5 Å². The summed E-state index contributed by atoms with van der Waals surface area (Å²) in [6.07, 6.45) is 0. The molecule has 0 radical (unpaired) electrons. The van der Waals surface area contributed by atoms with Crippen LogP contribution in [0.5, 0.6) is 34.5 Å². The van der Waals surface area contributed by atoms with Gasteiger partial charge >= 0.3 is 0 Å². The molecule has 1 N–H and O–H groups in total. The van der Waals surface area contributed by atoms with E-state index in [1.807, 2.05) is 31.2 Å². The number of carbonyl (C=O) groups excluding carboxylic acids is 1. The lowest BCUT2D eigenvalue weighted by Gasteiger charge is -2.14. The highest BCUT2D eigenvalue weighted by Gasteiger charge is 2.13. The third-order valence-corrected chi connectivity index (χ3v) is 4.66. The number of ether oxygens (including phenoxy) is 5. The molecule has 1 amide bonds. The topological polar surface area (TPSA) is 75.3 Å². The number of benzene rings is 3. The van der Waals surface area contributed by atoms with Crippen molar-refractivity contribution in [2.75, 3.05) is 27.9 Å². The smallest absolute Gasteiger partial charge is 0.258 e. The number of carbonyl (C=O) groups is 1. The van der Waals surface area contributed by atoms with Gasteiger partial charge in [0.2, 0.25) is 5.75 Å². The molecule has 7 nitrogen and oxygen atoms in total. The lowest BCUT2D eigenvalue weighted by molar-refractivity contribution is -0.123. The molecule has 0 heterocycles. The number of aryl methyl sites for hydroxylation is 1. The average molecular weight is 437 g/mol. The Kier molecular flexibility index (Phi) is 7.80. The summed E-state index contributed by atoms with van der Waals surface area (Å²) in [4.78, 5) is 12.2. The van der Waals surface area contributed by atoms with Gasteiger partial charge in [0, 0.05) is 6.54 Å². The maximum absolute atomic E-state index is 12.2. The van der Waals surface area contributed by atoms with E-state index in [9.17, 15) is 4.79 Å². The largest absolute Gasteiger partial charge is 0.493 e. The van der Waals surface area contributed by atoms with Crippen molar-refractivity contribution in [2.45, 2.75) is 13.5 Å². The molecule has 0 aliphatic rings. The summed E-state index contributed by atoms with van der Waals surface area (Å²) in [5.74, 6) is 3.33. The second-order valence-corrected chi connectivity index (χ2v) is 6.99. The van der Waals surface area contributed by atoms with E-state index in [0.29, 0.717) is 35.3 Å². The van der Waals surface area contributed by atoms with Crippen molar-refractivity contribution in [2.24, 2.45) is 0 Å². The van der Waals surface area contributed by atoms with Crippen LogP contribution in [0, 0.1) is 6.92 Å². The van der Waals surface area contributed by atoms with E-state index < -0.39 is 0 Å². The van der Waals surface area contributed by atoms with Crippen molar-refractivity contribution in [1.29, 1.82) is 0 Å². The van der Waals surface area contributed by atoms with Crippen molar-refractivity contribution in [3.05, 3.63) is 71.8 Å². The minimum absolute atomic E-state index is 0.109. The van der Waals surface area contributed by atoms with Crippen LogP contribution in [0.25, 0.3) is 0 Å². The molecular formula is C25H27NO6. The van der Waals surface area contributed by atoms with E-state index in [1.54, 1.807) is 57.7 Å². The number of nitrogens with one attached hydrogen (secondary N) is 1. The van der Waals surface area contributed by atoms with Crippen LogP contribution >= 0.6 is 0 Å². The Labute approximate surface area is 187 Å². The molecule has 7 heteroatoms. The van der Waals surface area contributed by atoms with Crippen LogP contribution in [0.3, 0.4) is 0 Å². The summed E-state index contributed by atoms with van der Waals surface area (Å²) in [6, 6.07) is 18.5. The fourth-order valence-electron chi connectivity index (χ4n) is 2.98. The van der Waals surface area contributed by atoms with Gasteiger partial charge in [0.05, 0.1) is 21.3 Å². The summed E-state index contributed by atoms with van der Waals surface area (Å²) in [7, 11) is 4.63. The first-order chi connectivity index (χ1) is 15.5. The van der Waals surface area contributed by atoms with Crippen LogP contribution in [0.2, 0.25) is 0 Å². The molecule has 0 saturated carbocycles. The molecule has 0 spiro atoms. The van der Waals surface area contributed by atoms with Gasteiger partial charge in [-0.3, -0.25) is 4.79 Å². The summed E-state index contributed by atoms with van der Waals surface area (Å²) >= 11 is 0. The van der Waals surface area contributed by atoms with E-state index in [0.717, 1.165) is 11.3 Å². The van der Waals surface area contributed by atoms with Crippen molar-refractivity contribution in [3.8, 4) is 34.5 Å². The van der Waals surface area contributed by atoms with E-state index in [1.165, 1.54) is 5.56 Å². The number of hydrogen-bond donors (Lipinski definition) is 1. The van der Waals surface area contributed by atoms with Gasteiger partial charge in [-0.05, 0) is 61.0 Å². The quantitative estimate of drug-likeness (QED) is 0.503. The first-order valence-corrected chi connectivity index (χ1v) is 10.1. The van der Waals surface area contributed by atoms with Crippen LogP contribution < -0.4 is 29.0 Å². The van der Waals surface area contributed by atoms with Crippen molar-refractivity contribution < 1.29 is 28.5 Å². The molecule has 0 saturated heterocycles. The van der Waals surface area contributed by atoms with Gasteiger partial charge in [-0.2, -0.15) is 0 Å².